The van der Waals surface area contributed by atoms with E-state index in [0.717, 1.165) is 40.1 Å². The van der Waals surface area contributed by atoms with Gasteiger partial charge in [-0.15, -0.1) is 0 Å². The normalized spacial score (nSPS) is 12.5. The Bertz CT molecular complexity index is 1030. The van der Waals surface area contributed by atoms with Crippen LogP contribution in [-0.2, 0) is 6.42 Å². The molecule has 0 unspecified atom stereocenters. The topological polar surface area (TPSA) is 35.3 Å². The number of benzene rings is 3. The van der Waals surface area contributed by atoms with Gasteiger partial charge in [0.05, 0.1) is 0 Å². The van der Waals surface area contributed by atoms with E-state index < -0.39 is 0 Å². The third-order valence-corrected chi connectivity index (χ3v) is 4.28. The fourth-order valence-corrected chi connectivity index (χ4v) is 3.13. The molecule has 3 nitrogen and oxygen atoms in total. The van der Waals surface area contributed by atoms with Crippen molar-refractivity contribution in [1.82, 2.24) is 5.16 Å². The second-order valence-corrected chi connectivity index (χ2v) is 5.74. The highest BCUT2D eigenvalue weighted by Gasteiger charge is 2.18. The average molecular weight is 299 g/mol. The van der Waals surface area contributed by atoms with E-state index in [1.807, 2.05) is 54.6 Å². The molecule has 110 valence electrons. The lowest BCUT2D eigenvalue weighted by Gasteiger charge is -2.20. The van der Waals surface area contributed by atoms with E-state index in [2.05, 4.69) is 17.3 Å². The number of fused-ring (bicyclic) bond motifs is 3. The van der Waals surface area contributed by atoms with Crippen LogP contribution in [0, 0.1) is 0 Å². The highest BCUT2D eigenvalue weighted by Crippen LogP contribution is 2.39. The number of rotatable bonds is 1. The molecule has 4 aromatic rings. The quantitative estimate of drug-likeness (QED) is 0.427. The summed E-state index contributed by atoms with van der Waals surface area (Å²) in [7, 11) is 0. The first kappa shape index (κ1) is 12.5. The zero-order valence-electron chi connectivity index (χ0n) is 12.3. The SMILES string of the molecule is c1ccc2c(c1)Cc1cc(-c3onc4ccccc34)ccc1O2. The summed E-state index contributed by atoms with van der Waals surface area (Å²) in [6, 6.07) is 22.3. The summed E-state index contributed by atoms with van der Waals surface area (Å²) in [5.74, 6) is 2.66. The fraction of sp³-hybridized carbons (Fsp3) is 0.0500. The maximum Gasteiger partial charge on any atom is 0.174 e. The Morgan fingerprint density at radius 2 is 1.61 bits per heavy atom. The van der Waals surface area contributed by atoms with Crippen LogP contribution in [0.2, 0.25) is 0 Å². The molecule has 0 aliphatic carbocycles. The van der Waals surface area contributed by atoms with E-state index in [4.69, 9.17) is 9.26 Å². The van der Waals surface area contributed by atoms with Crippen LogP contribution in [-0.4, -0.2) is 5.16 Å². The predicted molar refractivity (Wildman–Crippen MR) is 88.8 cm³/mol. The van der Waals surface area contributed by atoms with Crippen LogP contribution in [0.1, 0.15) is 11.1 Å². The van der Waals surface area contributed by atoms with Crippen molar-refractivity contribution in [2.75, 3.05) is 0 Å². The molecular formula is C20H13NO2. The Balaban J connectivity index is 1.62. The molecular weight excluding hydrogens is 286 g/mol. The van der Waals surface area contributed by atoms with Crippen LogP contribution in [0.5, 0.6) is 11.5 Å². The molecule has 0 radical (unpaired) electrons. The molecule has 0 amide bonds. The highest BCUT2D eigenvalue weighted by atomic mass is 16.5. The molecule has 1 aliphatic heterocycles. The van der Waals surface area contributed by atoms with Gasteiger partial charge in [0.15, 0.2) is 5.76 Å². The Morgan fingerprint density at radius 3 is 2.61 bits per heavy atom. The monoisotopic (exact) mass is 299 g/mol. The van der Waals surface area contributed by atoms with Crippen LogP contribution in [0.25, 0.3) is 22.2 Å². The molecule has 2 heterocycles. The molecule has 1 aromatic heterocycles. The van der Waals surface area contributed by atoms with Crippen LogP contribution in [0.4, 0.5) is 0 Å². The molecule has 3 aromatic carbocycles. The average Bonchev–Trinajstić information content (AvgIpc) is 3.03. The van der Waals surface area contributed by atoms with Gasteiger partial charge in [-0.2, -0.15) is 0 Å². The number of nitrogens with zero attached hydrogens (tertiary/aromatic N) is 1. The van der Waals surface area contributed by atoms with Crippen molar-refractivity contribution in [3.05, 3.63) is 77.9 Å². The van der Waals surface area contributed by atoms with E-state index in [0.29, 0.717) is 0 Å². The number of ether oxygens (including phenoxy) is 1. The van der Waals surface area contributed by atoms with Crippen molar-refractivity contribution in [1.29, 1.82) is 0 Å². The van der Waals surface area contributed by atoms with Gasteiger partial charge in [-0.3, -0.25) is 0 Å². The predicted octanol–water partition coefficient (Wildman–Crippen LogP) is 5.19. The van der Waals surface area contributed by atoms with Crippen molar-refractivity contribution in [3.8, 4) is 22.8 Å². The van der Waals surface area contributed by atoms with Crippen molar-refractivity contribution in [3.63, 3.8) is 0 Å². The van der Waals surface area contributed by atoms with Crippen molar-refractivity contribution >= 4 is 10.9 Å². The summed E-state index contributed by atoms with van der Waals surface area (Å²) < 4.78 is 11.6. The summed E-state index contributed by atoms with van der Waals surface area (Å²) in [5.41, 5.74) is 4.28. The molecule has 0 spiro atoms. The fourth-order valence-electron chi connectivity index (χ4n) is 3.13. The highest BCUT2D eigenvalue weighted by molar-refractivity contribution is 5.91. The Morgan fingerprint density at radius 1 is 0.783 bits per heavy atom. The molecule has 0 bridgehead atoms. The third kappa shape index (κ3) is 1.94. The Kier molecular flexibility index (Phi) is 2.56. The largest absolute Gasteiger partial charge is 0.457 e. The van der Waals surface area contributed by atoms with Crippen LogP contribution in [0.15, 0.2) is 71.3 Å². The lowest BCUT2D eigenvalue weighted by molar-refractivity contribution is 0.440. The molecule has 0 saturated heterocycles. The lowest BCUT2D eigenvalue weighted by Crippen LogP contribution is -2.02. The summed E-state index contributed by atoms with van der Waals surface area (Å²) in [4.78, 5) is 0. The number of hydrogen-bond acceptors (Lipinski definition) is 3. The van der Waals surface area contributed by atoms with Gasteiger partial charge in [0, 0.05) is 22.9 Å². The molecule has 3 heteroatoms. The van der Waals surface area contributed by atoms with Gasteiger partial charge in [-0.25, -0.2) is 0 Å². The zero-order chi connectivity index (χ0) is 15.2. The van der Waals surface area contributed by atoms with E-state index in [-0.39, 0.29) is 0 Å². The van der Waals surface area contributed by atoms with E-state index in [1.54, 1.807) is 0 Å². The summed E-state index contributed by atoms with van der Waals surface area (Å²) in [6.07, 6.45) is 0.866. The zero-order valence-corrected chi connectivity index (χ0v) is 12.3. The van der Waals surface area contributed by atoms with Gasteiger partial charge >= 0.3 is 0 Å². The molecule has 0 atom stereocenters. The maximum absolute atomic E-state index is 5.99. The summed E-state index contributed by atoms with van der Waals surface area (Å²) in [6.45, 7) is 0. The number of aromatic nitrogens is 1. The van der Waals surface area contributed by atoms with Crippen molar-refractivity contribution < 1.29 is 9.26 Å². The van der Waals surface area contributed by atoms with Crippen molar-refractivity contribution in [2.45, 2.75) is 6.42 Å². The number of hydrogen-bond donors (Lipinski definition) is 0. The van der Waals surface area contributed by atoms with Gasteiger partial charge in [-0.1, -0.05) is 35.5 Å². The first-order valence-corrected chi connectivity index (χ1v) is 7.62. The van der Waals surface area contributed by atoms with Crippen LogP contribution >= 0.6 is 0 Å². The minimum atomic E-state index is 0.808. The molecule has 0 fully saturated rings. The second-order valence-electron chi connectivity index (χ2n) is 5.74. The molecule has 0 saturated carbocycles. The van der Waals surface area contributed by atoms with Crippen LogP contribution in [0.3, 0.4) is 0 Å². The number of para-hydroxylation sites is 1. The van der Waals surface area contributed by atoms with E-state index in [9.17, 15) is 0 Å². The standard InChI is InChI=1S/C20H13NO2/c1-4-8-18-13(5-1)11-15-12-14(9-10-19(15)22-18)20-16-6-2-3-7-17(16)21-23-20/h1-10,12H,11H2. The van der Waals surface area contributed by atoms with E-state index >= 15 is 0 Å². The van der Waals surface area contributed by atoms with Gasteiger partial charge in [0.25, 0.3) is 0 Å². The Labute approximate surface area is 133 Å². The molecule has 5 rings (SSSR count). The molecule has 0 N–H and O–H groups in total. The summed E-state index contributed by atoms with van der Waals surface area (Å²) >= 11 is 0. The molecule has 23 heavy (non-hydrogen) atoms. The van der Waals surface area contributed by atoms with Crippen LogP contribution < -0.4 is 4.74 Å². The van der Waals surface area contributed by atoms with Crippen molar-refractivity contribution in [2.24, 2.45) is 0 Å². The smallest absolute Gasteiger partial charge is 0.174 e. The van der Waals surface area contributed by atoms with Gasteiger partial charge < -0.3 is 9.26 Å². The minimum Gasteiger partial charge on any atom is -0.457 e. The van der Waals surface area contributed by atoms with Gasteiger partial charge in [0.1, 0.15) is 17.0 Å². The van der Waals surface area contributed by atoms with Gasteiger partial charge in [0.2, 0.25) is 0 Å². The first-order chi connectivity index (χ1) is 11.4. The Hall–Kier alpha value is -3.07. The second kappa shape index (κ2) is 4.71. The third-order valence-electron chi connectivity index (χ3n) is 4.28. The minimum absolute atomic E-state index is 0.808. The maximum atomic E-state index is 5.99. The van der Waals surface area contributed by atoms with E-state index in [1.165, 1.54) is 11.1 Å². The molecule has 1 aliphatic rings. The first-order valence-electron chi connectivity index (χ1n) is 7.62. The van der Waals surface area contributed by atoms with Gasteiger partial charge in [-0.05, 0) is 42.0 Å². The lowest BCUT2D eigenvalue weighted by atomic mass is 9.97. The summed E-state index contributed by atoms with van der Waals surface area (Å²) in [5, 5.41) is 5.17.